The molecule has 0 aromatic rings. The van der Waals surface area contributed by atoms with Crippen molar-refractivity contribution in [2.24, 2.45) is 0 Å². The molecule has 0 radical (unpaired) electrons. The summed E-state index contributed by atoms with van der Waals surface area (Å²) in [6, 6.07) is 0. The summed E-state index contributed by atoms with van der Waals surface area (Å²) in [4.78, 5) is 21.2. The van der Waals surface area contributed by atoms with Gasteiger partial charge < -0.3 is 21.1 Å². The van der Waals surface area contributed by atoms with E-state index in [2.05, 4.69) is 22.9 Å². The minimum Gasteiger partial charge on any atom is -0.478 e. The fourth-order valence-electron chi connectivity index (χ4n) is 1.05. The predicted molar refractivity (Wildman–Crippen MR) is 70.1 cm³/mol. The average molecular weight is 255 g/mol. The van der Waals surface area contributed by atoms with E-state index in [0.29, 0.717) is 13.1 Å². The van der Waals surface area contributed by atoms with E-state index in [1.54, 1.807) is 0 Å². The first-order valence-corrected chi connectivity index (χ1v) is 5.94. The molecule has 0 unspecified atom stereocenters. The monoisotopic (exact) mass is 255 g/mol. The Hall–Kier alpha value is -1.82. The number of carboxylic acids is 1. The Morgan fingerprint density at radius 3 is 2.50 bits per heavy atom. The van der Waals surface area contributed by atoms with Crippen molar-refractivity contribution in [3.63, 3.8) is 0 Å². The van der Waals surface area contributed by atoms with Crippen LogP contribution in [-0.4, -0.2) is 43.2 Å². The molecule has 0 rings (SSSR count). The minimum absolute atomic E-state index is 0.400. The van der Waals surface area contributed by atoms with E-state index in [1.165, 1.54) is 0 Å². The van der Waals surface area contributed by atoms with E-state index in [-0.39, 0.29) is 0 Å². The number of carbonyl (C=O) groups is 2. The van der Waals surface area contributed by atoms with E-state index in [4.69, 9.17) is 5.11 Å². The Labute approximate surface area is 107 Å². The quantitative estimate of drug-likeness (QED) is 0.322. The first-order valence-electron chi connectivity index (χ1n) is 5.94. The standard InChI is InChI=1S/C12H21N3O3/c1-2-3-6-13-7-8-14-9-10-15-11(16)4-5-12(17)18/h3-6,13-14H,2,7-10H2,1H3,(H,15,16)(H,17,18)/b5-4+,6-3+. The van der Waals surface area contributed by atoms with Crippen LogP contribution in [0.3, 0.4) is 0 Å². The highest BCUT2D eigenvalue weighted by molar-refractivity contribution is 5.93. The number of hydrogen-bond acceptors (Lipinski definition) is 4. The molecule has 6 heteroatoms. The normalized spacial score (nSPS) is 10.9. The van der Waals surface area contributed by atoms with Crippen molar-refractivity contribution < 1.29 is 14.7 Å². The van der Waals surface area contributed by atoms with Crippen LogP contribution in [0.1, 0.15) is 13.3 Å². The van der Waals surface area contributed by atoms with Gasteiger partial charge in [-0.25, -0.2) is 4.79 Å². The number of carboxylic acid groups (broad SMARTS) is 1. The second-order valence-corrected chi connectivity index (χ2v) is 3.48. The summed E-state index contributed by atoms with van der Waals surface area (Å²) in [6.45, 7) is 4.80. The molecule has 0 bridgehead atoms. The van der Waals surface area contributed by atoms with Crippen molar-refractivity contribution in [2.45, 2.75) is 13.3 Å². The van der Waals surface area contributed by atoms with Gasteiger partial charge in [0, 0.05) is 38.3 Å². The molecule has 1 amide bonds. The number of nitrogens with one attached hydrogen (secondary N) is 3. The Kier molecular flexibility index (Phi) is 10.5. The maximum Gasteiger partial charge on any atom is 0.328 e. The van der Waals surface area contributed by atoms with Crippen LogP contribution in [0, 0.1) is 0 Å². The SMILES string of the molecule is CC/C=C/NCCNCCNC(=O)/C=C/C(=O)O. The molecule has 0 aliphatic carbocycles. The summed E-state index contributed by atoms with van der Waals surface area (Å²) >= 11 is 0. The summed E-state index contributed by atoms with van der Waals surface area (Å²) in [5.74, 6) is -1.53. The third kappa shape index (κ3) is 12.3. The van der Waals surface area contributed by atoms with Crippen molar-refractivity contribution in [2.75, 3.05) is 26.2 Å². The second-order valence-electron chi connectivity index (χ2n) is 3.48. The van der Waals surface area contributed by atoms with E-state index in [9.17, 15) is 9.59 Å². The number of allylic oxidation sites excluding steroid dienone is 1. The molecular weight excluding hydrogens is 234 g/mol. The van der Waals surface area contributed by atoms with Gasteiger partial charge in [0.15, 0.2) is 0 Å². The van der Waals surface area contributed by atoms with Gasteiger partial charge in [0.1, 0.15) is 0 Å². The Balaban J connectivity index is 3.32. The summed E-state index contributed by atoms with van der Waals surface area (Å²) in [5.41, 5.74) is 0. The van der Waals surface area contributed by atoms with Gasteiger partial charge in [-0.05, 0) is 12.6 Å². The first-order chi connectivity index (χ1) is 8.66. The largest absolute Gasteiger partial charge is 0.478 e. The van der Waals surface area contributed by atoms with Gasteiger partial charge in [-0.2, -0.15) is 0 Å². The number of amides is 1. The molecule has 102 valence electrons. The van der Waals surface area contributed by atoms with Gasteiger partial charge in [0.05, 0.1) is 0 Å². The summed E-state index contributed by atoms with van der Waals surface area (Å²) < 4.78 is 0. The van der Waals surface area contributed by atoms with Crippen LogP contribution in [0.2, 0.25) is 0 Å². The van der Waals surface area contributed by atoms with Crippen molar-refractivity contribution in [1.82, 2.24) is 16.0 Å². The highest BCUT2D eigenvalue weighted by atomic mass is 16.4. The maximum absolute atomic E-state index is 11.0. The second kappa shape index (κ2) is 11.7. The molecule has 0 fully saturated rings. The third-order valence-electron chi connectivity index (χ3n) is 1.90. The number of aliphatic carboxylic acids is 1. The lowest BCUT2D eigenvalue weighted by molar-refractivity contribution is -0.131. The molecule has 18 heavy (non-hydrogen) atoms. The fraction of sp³-hybridized carbons (Fsp3) is 0.500. The van der Waals surface area contributed by atoms with Gasteiger partial charge in [-0.15, -0.1) is 0 Å². The number of carbonyl (C=O) groups excluding carboxylic acids is 1. The van der Waals surface area contributed by atoms with Gasteiger partial charge in [0.25, 0.3) is 0 Å². The lowest BCUT2D eigenvalue weighted by Crippen LogP contribution is -2.33. The molecule has 0 heterocycles. The zero-order valence-electron chi connectivity index (χ0n) is 10.6. The van der Waals surface area contributed by atoms with E-state index < -0.39 is 11.9 Å². The van der Waals surface area contributed by atoms with Crippen LogP contribution in [-0.2, 0) is 9.59 Å². The van der Waals surface area contributed by atoms with Crippen molar-refractivity contribution in [1.29, 1.82) is 0 Å². The predicted octanol–water partition coefficient (Wildman–Crippen LogP) is -0.154. The summed E-state index contributed by atoms with van der Waals surface area (Å²) in [7, 11) is 0. The molecule has 0 atom stereocenters. The average Bonchev–Trinajstić information content (AvgIpc) is 2.34. The number of rotatable bonds is 10. The van der Waals surface area contributed by atoms with Crippen LogP contribution in [0.5, 0.6) is 0 Å². The van der Waals surface area contributed by atoms with Crippen molar-refractivity contribution in [3.8, 4) is 0 Å². The number of hydrogen-bond donors (Lipinski definition) is 4. The van der Waals surface area contributed by atoms with Gasteiger partial charge in [0.2, 0.25) is 5.91 Å². The minimum atomic E-state index is -1.13. The van der Waals surface area contributed by atoms with Crippen LogP contribution in [0.15, 0.2) is 24.4 Å². The molecule has 0 aliphatic heterocycles. The maximum atomic E-state index is 11.0. The van der Waals surface area contributed by atoms with Crippen molar-refractivity contribution in [3.05, 3.63) is 24.4 Å². The highest BCUT2D eigenvalue weighted by Gasteiger charge is 1.95. The van der Waals surface area contributed by atoms with Gasteiger partial charge in [-0.1, -0.05) is 13.0 Å². The molecule has 0 saturated heterocycles. The van der Waals surface area contributed by atoms with Gasteiger partial charge >= 0.3 is 5.97 Å². The summed E-state index contributed by atoms with van der Waals surface area (Å²) in [6.07, 6.45) is 6.78. The molecule has 6 nitrogen and oxygen atoms in total. The van der Waals surface area contributed by atoms with Crippen LogP contribution >= 0.6 is 0 Å². The van der Waals surface area contributed by atoms with Gasteiger partial charge in [-0.3, -0.25) is 4.79 Å². The Morgan fingerprint density at radius 1 is 1.11 bits per heavy atom. The lowest BCUT2D eigenvalue weighted by Gasteiger charge is -2.05. The summed E-state index contributed by atoms with van der Waals surface area (Å²) in [5, 5.41) is 17.1. The zero-order chi connectivity index (χ0) is 13.6. The zero-order valence-corrected chi connectivity index (χ0v) is 10.6. The van der Waals surface area contributed by atoms with Crippen LogP contribution in [0.25, 0.3) is 0 Å². The molecule has 0 spiro atoms. The third-order valence-corrected chi connectivity index (χ3v) is 1.90. The smallest absolute Gasteiger partial charge is 0.328 e. The first kappa shape index (κ1) is 16.2. The van der Waals surface area contributed by atoms with E-state index >= 15 is 0 Å². The van der Waals surface area contributed by atoms with E-state index in [0.717, 1.165) is 31.7 Å². The lowest BCUT2D eigenvalue weighted by atomic mass is 10.4. The molecule has 0 aromatic heterocycles. The molecule has 0 aliphatic rings. The van der Waals surface area contributed by atoms with E-state index in [1.807, 2.05) is 12.3 Å². The Bertz CT molecular complexity index is 301. The van der Waals surface area contributed by atoms with Crippen molar-refractivity contribution >= 4 is 11.9 Å². The Morgan fingerprint density at radius 2 is 1.83 bits per heavy atom. The molecule has 0 aromatic carbocycles. The highest BCUT2D eigenvalue weighted by Crippen LogP contribution is 1.75. The topological polar surface area (TPSA) is 90.5 Å². The van der Waals surface area contributed by atoms with Crippen LogP contribution < -0.4 is 16.0 Å². The molecule has 0 saturated carbocycles. The van der Waals surface area contributed by atoms with Crippen LogP contribution in [0.4, 0.5) is 0 Å². The molecular formula is C12H21N3O3. The fourth-order valence-corrected chi connectivity index (χ4v) is 1.05. The molecule has 4 N–H and O–H groups in total.